The second-order valence-electron chi connectivity index (χ2n) is 10.8. The van der Waals surface area contributed by atoms with Gasteiger partial charge in [0, 0.05) is 5.41 Å². The molecule has 2 N–H and O–H groups in total. The summed E-state index contributed by atoms with van der Waals surface area (Å²) in [5.74, 6) is 1.34. The van der Waals surface area contributed by atoms with Crippen LogP contribution in [0.4, 0.5) is 0 Å². The van der Waals surface area contributed by atoms with E-state index in [0.717, 1.165) is 38.5 Å². The van der Waals surface area contributed by atoms with E-state index < -0.39 is 18.5 Å². The maximum Gasteiger partial charge on any atom is 0.193 e. The third-order valence-corrected chi connectivity index (χ3v) is 9.79. The van der Waals surface area contributed by atoms with Gasteiger partial charge in [0.25, 0.3) is 0 Å². The summed E-state index contributed by atoms with van der Waals surface area (Å²) >= 11 is 0. The van der Waals surface area contributed by atoms with Crippen LogP contribution in [0.15, 0.2) is 11.8 Å². The summed E-state index contributed by atoms with van der Waals surface area (Å²) in [6.45, 7) is 6.09. The Bertz CT molecular complexity index is 939. The van der Waals surface area contributed by atoms with E-state index in [2.05, 4.69) is 30.1 Å². The van der Waals surface area contributed by atoms with Crippen molar-refractivity contribution in [3.05, 3.63) is 23.0 Å². The second-order valence-corrected chi connectivity index (χ2v) is 10.8. The lowest BCUT2D eigenvalue weighted by molar-refractivity contribution is -0.183. The van der Waals surface area contributed by atoms with Crippen LogP contribution >= 0.6 is 0 Å². The number of rotatable bonds is 2. The quantitative estimate of drug-likeness (QED) is 0.779. The Kier molecular flexibility index (Phi) is 3.87. The van der Waals surface area contributed by atoms with Gasteiger partial charge in [-0.05, 0) is 80.3 Å². The number of allylic oxidation sites excluding steroid dienone is 1. The Morgan fingerprint density at radius 2 is 2.17 bits per heavy atom. The Hall–Kier alpha value is -1.50. The van der Waals surface area contributed by atoms with E-state index in [1.165, 1.54) is 11.3 Å². The SMILES string of the molecule is CC1O[C@@H]2C[C@H]3[C@@H]4CCC5=Cc6[nH]ncc6C[C@]5(C)[C@H]4CC[C@]3(C)[C@]2(C(=O)CO)O1. The number of nitrogens with zero attached hydrogens (tertiary/aromatic N) is 1. The lowest BCUT2D eigenvalue weighted by Gasteiger charge is -2.59. The molecule has 0 bridgehead atoms. The molecule has 8 atom stereocenters. The van der Waals surface area contributed by atoms with Crippen molar-refractivity contribution in [3.63, 3.8) is 0 Å². The Balaban J connectivity index is 1.39. The van der Waals surface area contributed by atoms with E-state index in [-0.39, 0.29) is 22.7 Å². The van der Waals surface area contributed by atoms with Crippen LogP contribution in [-0.2, 0) is 20.7 Å². The molecule has 30 heavy (non-hydrogen) atoms. The number of ether oxygens (including phenoxy) is 2. The van der Waals surface area contributed by atoms with Gasteiger partial charge in [-0.25, -0.2) is 0 Å². The van der Waals surface area contributed by atoms with E-state index in [1.54, 1.807) is 5.57 Å². The molecule has 1 aromatic heterocycles. The molecule has 1 aromatic rings. The van der Waals surface area contributed by atoms with Crippen LogP contribution in [0.2, 0.25) is 0 Å². The third-order valence-electron chi connectivity index (χ3n) is 9.79. The number of hydrogen-bond donors (Lipinski definition) is 2. The molecular weight excluding hydrogens is 380 g/mol. The van der Waals surface area contributed by atoms with Crippen LogP contribution < -0.4 is 0 Å². The zero-order chi connectivity index (χ0) is 20.9. The Morgan fingerprint density at radius 1 is 1.33 bits per heavy atom. The second kappa shape index (κ2) is 6.05. The largest absolute Gasteiger partial charge is 0.388 e. The number of aromatic nitrogens is 2. The fourth-order valence-electron chi connectivity index (χ4n) is 8.51. The predicted molar refractivity (Wildman–Crippen MR) is 110 cm³/mol. The number of hydrogen-bond acceptors (Lipinski definition) is 5. The van der Waals surface area contributed by atoms with Crippen LogP contribution in [0.25, 0.3) is 6.08 Å². The highest BCUT2D eigenvalue weighted by molar-refractivity contribution is 5.91. The van der Waals surface area contributed by atoms with Gasteiger partial charge in [0.05, 0.1) is 18.0 Å². The third kappa shape index (κ3) is 2.10. The van der Waals surface area contributed by atoms with Gasteiger partial charge in [-0.1, -0.05) is 19.4 Å². The molecule has 2 heterocycles. The van der Waals surface area contributed by atoms with Gasteiger partial charge in [-0.15, -0.1) is 0 Å². The molecule has 4 aliphatic carbocycles. The van der Waals surface area contributed by atoms with Crippen LogP contribution in [0.5, 0.6) is 0 Å². The van der Waals surface area contributed by atoms with Crippen molar-refractivity contribution in [2.24, 2.45) is 28.6 Å². The highest BCUT2D eigenvalue weighted by Gasteiger charge is 2.74. The number of aliphatic hydroxyl groups excluding tert-OH is 1. The van der Waals surface area contributed by atoms with E-state index in [9.17, 15) is 9.90 Å². The molecule has 6 nitrogen and oxygen atoms in total. The monoisotopic (exact) mass is 412 g/mol. The van der Waals surface area contributed by atoms with Crippen molar-refractivity contribution in [1.82, 2.24) is 10.2 Å². The Morgan fingerprint density at radius 3 is 2.97 bits per heavy atom. The highest BCUT2D eigenvalue weighted by Crippen LogP contribution is 2.69. The molecule has 3 saturated carbocycles. The molecule has 162 valence electrons. The number of carbonyl (C=O) groups is 1. The molecule has 1 unspecified atom stereocenters. The summed E-state index contributed by atoms with van der Waals surface area (Å²) in [4.78, 5) is 13.1. The van der Waals surface area contributed by atoms with Crippen molar-refractivity contribution in [2.45, 2.75) is 77.3 Å². The molecular formula is C24H32N2O4. The van der Waals surface area contributed by atoms with Gasteiger partial charge in [0.2, 0.25) is 0 Å². The minimum absolute atomic E-state index is 0.155. The van der Waals surface area contributed by atoms with Gasteiger partial charge in [0.15, 0.2) is 17.7 Å². The molecule has 0 spiro atoms. The standard InChI is InChI=1S/C24H32N2O4/c1-13-29-21-9-18-16-5-4-15-8-19-14(11-25-26-19)10-22(15,2)17(16)6-7-23(18,3)24(21,30-13)20(28)12-27/h8,11,13,16-18,21,27H,4-7,9-10,12H2,1-3H3,(H,25,26)/t13?,16-,17+,18+,21-,22+,23+,24-/m1/s1. The van der Waals surface area contributed by atoms with Gasteiger partial charge in [0.1, 0.15) is 6.61 Å². The van der Waals surface area contributed by atoms with Crippen LogP contribution in [0.1, 0.15) is 64.1 Å². The molecule has 0 aromatic carbocycles. The summed E-state index contributed by atoms with van der Waals surface area (Å²) in [7, 11) is 0. The fraction of sp³-hybridized carbons (Fsp3) is 0.750. The number of aliphatic hydroxyl groups is 1. The van der Waals surface area contributed by atoms with Gasteiger partial charge < -0.3 is 14.6 Å². The first-order valence-corrected chi connectivity index (χ1v) is 11.5. The lowest BCUT2D eigenvalue weighted by atomic mass is 9.46. The maximum absolute atomic E-state index is 13.1. The van der Waals surface area contributed by atoms with Crippen molar-refractivity contribution in [3.8, 4) is 0 Å². The smallest absolute Gasteiger partial charge is 0.193 e. The van der Waals surface area contributed by atoms with E-state index in [4.69, 9.17) is 9.47 Å². The number of Topliss-reactive ketones (excluding diaryl/α,β-unsaturated/α-hetero) is 1. The van der Waals surface area contributed by atoms with Crippen molar-refractivity contribution in [1.29, 1.82) is 0 Å². The van der Waals surface area contributed by atoms with Gasteiger partial charge in [-0.3, -0.25) is 9.89 Å². The summed E-state index contributed by atoms with van der Waals surface area (Å²) < 4.78 is 12.4. The van der Waals surface area contributed by atoms with Gasteiger partial charge >= 0.3 is 0 Å². The average Bonchev–Trinajstić information content (AvgIpc) is 3.36. The first-order valence-electron chi connectivity index (χ1n) is 11.5. The van der Waals surface area contributed by atoms with Crippen LogP contribution in [0.3, 0.4) is 0 Å². The number of aromatic amines is 1. The zero-order valence-electron chi connectivity index (χ0n) is 18.1. The highest BCUT2D eigenvalue weighted by atomic mass is 16.7. The molecule has 1 aliphatic heterocycles. The van der Waals surface area contributed by atoms with Crippen molar-refractivity contribution in [2.75, 3.05) is 6.61 Å². The van der Waals surface area contributed by atoms with E-state index in [1.807, 2.05) is 13.1 Å². The number of carbonyl (C=O) groups excluding carboxylic acids is 1. The van der Waals surface area contributed by atoms with E-state index in [0.29, 0.717) is 17.8 Å². The van der Waals surface area contributed by atoms with Gasteiger partial charge in [-0.2, -0.15) is 5.10 Å². The first kappa shape index (κ1) is 19.2. The average molecular weight is 413 g/mol. The summed E-state index contributed by atoms with van der Waals surface area (Å²) in [5.41, 5.74) is 2.95. The molecule has 0 amide bonds. The molecule has 6 rings (SSSR count). The Labute approximate surface area is 177 Å². The minimum Gasteiger partial charge on any atom is -0.388 e. The normalized spacial score (nSPS) is 48.8. The zero-order valence-corrected chi connectivity index (χ0v) is 18.1. The molecule has 0 radical (unpaired) electrons. The fourth-order valence-corrected chi connectivity index (χ4v) is 8.51. The number of H-pyrrole nitrogens is 1. The van der Waals surface area contributed by atoms with Crippen LogP contribution in [0, 0.1) is 28.6 Å². The van der Waals surface area contributed by atoms with E-state index >= 15 is 0 Å². The predicted octanol–water partition coefficient (Wildman–Crippen LogP) is 3.26. The van der Waals surface area contributed by atoms with Crippen LogP contribution in [-0.4, -0.2) is 45.7 Å². The number of ketones is 1. The molecule has 5 aliphatic rings. The summed E-state index contributed by atoms with van der Waals surface area (Å²) in [6.07, 6.45) is 9.90. The summed E-state index contributed by atoms with van der Waals surface area (Å²) in [5, 5.41) is 17.3. The van der Waals surface area contributed by atoms with Crippen molar-refractivity contribution < 1.29 is 19.4 Å². The maximum atomic E-state index is 13.1. The molecule has 1 saturated heterocycles. The summed E-state index contributed by atoms with van der Waals surface area (Å²) in [6, 6.07) is 0. The topological polar surface area (TPSA) is 84.4 Å². The minimum atomic E-state index is -0.988. The number of fused-ring (bicyclic) bond motifs is 8. The molecule has 6 heteroatoms. The first-order chi connectivity index (χ1) is 14.3. The number of nitrogens with one attached hydrogen (secondary N) is 1. The molecule has 4 fully saturated rings. The van der Waals surface area contributed by atoms with Crippen molar-refractivity contribution >= 4 is 11.9 Å². The lowest BCUT2D eigenvalue weighted by Crippen LogP contribution is -2.60.